The van der Waals surface area contributed by atoms with E-state index < -0.39 is 0 Å². The Balaban J connectivity index is 1.76. The highest BCUT2D eigenvalue weighted by atomic mass is 35.5. The van der Waals surface area contributed by atoms with Gasteiger partial charge in [0, 0.05) is 31.6 Å². The minimum atomic E-state index is 0.104. The van der Waals surface area contributed by atoms with E-state index in [2.05, 4.69) is 16.0 Å². The third kappa shape index (κ3) is 2.79. The highest BCUT2D eigenvalue weighted by molar-refractivity contribution is 6.28. The van der Waals surface area contributed by atoms with Crippen LogP contribution in [0.4, 0.5) is 5.82 Å². The minimum Gasteiger partial charge on any atom is -0.352 e. The van der Waals surface area contributed by atoms with Crippen LogP contribution >= 0.6 is 11.6 Å². The van der Waals surface area contributed by atoms with Gasteiger partial charge in [-0.1, -0.05) is 0 Å². The Hall–Kier alpha value is -1.87. The molecule has 7 heteroatoms. The van der Waals surface area contributed by atoms with Gasteiger partial charge in [0.15, 0.2) is 5.82 Å². The molecular formula is C14H16ClN5O. The van der Waals surface area contributed by atoms with E-state index >= 15 is 0 Å². The van der Waals surface area contributed by atoms with Crippen LogP contribution in [0.25, 0.3) is 0 Å². The third-order valence-electron chi connectivity index (χ3n) is 4.00. The summed E-state index contributed by atoms with van der Waals surface area (Å²) in [6, 6.07) is 2.20. The lowest BCUT2D eigenvalue weighted by atomic mass is 10.1. The van der Waals surface area contributed by atoms with Crippen LogP contribution in [0.5, 0.6) is 0 Å². The quantitative estimate of drug-likeness (QED) is 0.773. The molecule has 0 spiro atoms. The lowest BCUT2D eigenvalue weighted by Crippen LogP contribution is -2.54. The first kappa shape index (κ1) is 14.1. The van der Waals surface area contributed by atoms with Gasteiger partial charge in [0.25, 0.3) is 0 Å². The molecule has 1 aromatic rings. The molecule has 110 valence electrons. The van der Waals surface area contributed by atoms with E-state index in [9.17, 15) is 4.79 Å². The average molecular weight is 306 g/mol. The number of carbonyl (C=O) groups excluding carboxylic acids is 1. The summed E-state index contributed by atoms with van der Waals surface area (Å²) in [6.45, 7) is 4.00. The van der Waals surface area contributed by atoms with Crippen molar-refractivity contribution in [2.45, 2.75) is 25.8 Å². The van der Waals surface area contributed by atoms with Gasteiger partial charge in [0.05, 0.1) is 6.20 Å². The Labute approximate surface area is 128 Å². The van der Waals surface area contributed by atoms with Gasteiger partial charge in [-0.15, -0.1) is 0 Å². The fourth-order valence-electron chi connectivity index (χ4n) is 2.71. The van der Waals surface area contributed by atoms with Crippen molar-refractivity contribution < 1.29 is 4.79 Å². The molecule has 6 nitrogen and oxygen atoms in total. The van der Waals surface area contributed by atoms with E-state index in [1.807, 2.05) is 16.7 Å². The van der Waals surface area contributed by atoms with Crippen molar-refractivity contribution in [1.29, 1.82) is 5.26 Å². The van der Waals surface area contributed by atoms with Crippen LogP contribution in [0.15, 0.2) is 6.20 Å². The van der Waals surface area contributed by atoms with Crippen molar-refractivity contribution in [1.82, 2.24) is 14.9 Å². The van der Waals surface area contributed by atoms with E-state index in [4.69, 9.17) is 16.9 Å². The number of anilines is 1. The standard InChI is InChI=1S/C14H16ClN5O/c1-9-8-19(4-5-20(9)13(21)10-2-3-10)12-11(6-16)7-17-14(15)18-12/h7,9-10H,2-5,8H2,1H3/t9-/m0/s1. The van der Waals surface area contributed by atoms with Gasteiger partial charge in [-0.2, -0.15) is 10.2 Å². The van der Waals surface area contributed by atoms with Gasteiger partial charge in [-0.3, -0.25) is 4.79 Å². The molecule has 1 aromatic heterocycles. The number of nitriles is 1. The van der Waals surface area contributed by atoms with E-state index in [1.54, 1.807) is 0 Å². The van der Waals surface area contributed by atoms with Crippen LogP contribution in [-0.4, -0.2) is 46.5 Å². The zero-order valence-corrected chi connectivity index (χ0v) is 12.5. The van der Waals surface area contributed by atoms with Crippen LogP contribution in [0.1, 0.15) is 25.3 Å². The summed E-state index contributed by atoms with van der Waals surface area (Å²) in [4.78, 5) is 24.2. The molecule has 1 atom stereocenters. The highest BCUT2D eigenvalue weighted by Crippen LogP contribution is 2.32. The topological polar surface area (TPSA) is 73.1 Å². The van der Waals surface area contributed by atoms with Gasteiger partial charge in [-0.05, 0) is 31.4 Å². The number of hydrogen-bond donors (Lipinski definition) is 0. The fraction of sp³-hybridized carbons (Fsp3) is 0.571. The molecule has 0 bridgehead atoms. The van der Waals surface area contributed by atoms with Crippen molar-refractivity contribution >= 4 is 23.3 Å². The van der Waals surface area contributed by atoms with Gasteiger partial charge in [0.1, 0.15) is 11.6 Å². The molecule has 0 aromatic carbocycles. The Bertz CT molecular complexity index is 610. The molecule has 0 unspecified atom stereocenters. The number of carbonyl (C=O) groups is 1. The highest BCUT2D eigenvalue weighted by Gasteiger charge is 2.37. The van der Waals surface area contributed by atoms with Gasteiger partial charge in [-0.25, -0.2) is 4.98 Å². The summed E-state index contributed by atoms with van der Waals surface area (Å²) in [6.07, 6.45) is 3.48. The van der Waals surface area contributed by atoms with Crippen molar-refractivity contribution in [3.8, 4) is 6.07 Å². The molecule has 3 rings (SSSR count). The second-order valence-electron chi connectivity index (χ2n) is 5.59. The summed E-state index contributed by atoms with van der Waals surface area (Å²) < 4.78 is 0. The summed E-state index contributed by atoms with van der Waals surface area (Å²) in [7, 11) is 0. The Morgan fingerprint density at radius 1 is 1.48 bits per heavy atom. The van der Waals surface area contributed by atoms with Crippen LogP contribution in [0.2, 0.25) is 5.28 Å². The van der Waals surface area contributed by atoms with Crippen molar-refractivity contribution in [2.24, 2.45) is 5.92 Å². The molecular weight excluding hydrogens is 290 g/mol. The molecule has 1 aliphatic carbocycles. The molecule has 0 N–H and O–H groups in total. The second-order valence-corrected chi connectivity index (χ2v) is 5.93. The normalized spacial score (nSPS) is 22.0. The zero-order chi connectivity index (χ0) is 15.0. The van der Waals surface area contributed by atoms with Crippen LogP contribution < -0.4 is 4.90 Å². The molecule has 0 radical (unpaired) electrons. The SMILES string of the molecule is C[C@H]1CN(c2nc(Cl)ncc2C#N)CCN1C(=O)C1CC1. The first-order valence-electron chi connectivity index (χ1n) is 7.08. The fourth-order valence-corrected chi connectivity index (χ4v) is 2.84. The molecule has 2 heterocycles. The smallest absolute Gasteiger partial charge is 0.226 e. The molecule has 1 aliphatic heterocycles. The minimum absolute atomic E-state index is 0.104. The van der Waals surface area contributed by atoms with E-state index in [-0.39, 0.29) is 23.2 Å². The summed E-state index contributed by atoms with van der Waals surface area (Å²) in [5.41, 5.74) is 0.411. The first-order chi connectivity index (χ1) is 10.1. The van der Waals surface area contributed by atoms with Gasteiger partial charge < -0.3 is 9.80 Å². The predicted octanol–water partition coefficient (Wildman–Crippen LogP) is 1.45. The Morgan fingerprint density at radius 3 is 2.86 bits per heavy atom. The average Bonchev–Trinajstić information content (AvgIpc) is 3.31. The number of rotatable bonds is 2. The Kier molecular flexibility index (Phi) is 3.68. The summed E-state index contributed by atoms with van der Waals surface area (Å²) in [5.74, 6) is 1.06. The maximum atomic E-state index is 12.2. The number of amides is 1. The van der Waals surface area contributed by atoms with E-state index in [0.29, 0.717) is 31.0 Å². The van der Waals surface area contributed by atoms with Crippen molar-refractivity contribution in [2.75, 3.05) is 24.5 Å². The summed E-state index contributed by atoms with van der Waals surface area (Å²) in [5, 5.41) is 9.30. The van der Waals surface area contributed by atoms with Crippen LogP contribution in [0.3, 0.4) is 0 Å². The lowest BCUT2D eigenvalue weighted by molar-refractivity contribution is -0.134. The number of halogens is 1. The lowest BCUT2D eigenvalue weighted by Gasteiger charge is -2.40. The first-order valence-corrected chi connectivity index (χ1v) is 7.46. The van der Waals surface area contributed by atoms with Crippen LogP contribution in [0, 0.1) is 17.2 Å². The maximum Gasteiger partial charge on any atom is 0.226 e. The van der Waals surface area contributed by atoms with Gasteiger partial charge in [0.2, 0.25) is 11.2 Å². The van der Waals surface area contributed by atoms with Crippen molar-refractivity contribution in [3.63, 3.8) is 0 Å². The molecule has 2 fully saturated rings. The molecule has 1 amide bonds. The largest absolute Gasteiger partial charge is 0.352 e. The second kappa shape index (κ2) is 5.49. The maximum absolute atomic E-state index is 12.2. The number of aromatic nitrogens is 2. The number of piperazine rings is 1. The van der Waals surface area contributed by atoms with E-state index in [0.717, 1.165) is 12.8 Å². The van der Waals surface area contributed by atoms with E-state index in [1.165, 1.54) is 6.20 Å². The molecule has 1 saturated carbocycles. The number of hydrogen-bond acceptors (Lipinski definition) is 5. The van der Waals surface area contributed by atoms with Crippen molar-refractivity contribution in [3.05, 3.63) is 17.0 Å². The zero-order valence-electron chi connectivity index (χ0n) is 11.8. The number of nitrogens with zero attached hydrogens (tertiary/aromatic N) is 5. The molecule has 21 heavy (non-hydrogen) atoms. The predicted molar refractivity (Wildman–Crippen MR) is 77.9 cm³/mol. The molecule has 2 aliphatic rings. The van der Waals surface area contributed by atoms with Gasteiger partial charge >= 0.3 is 0 Å². The summed E-state index contributed by atoms with van der Waals surface area (Å²) >= 11 is 5.84. The molecule has 1 saturated heterocycles. The monoisotopic (exact) mass is 305 g/mol. The van der Waals surface area contributed by atoms with Crippen LogP contribution in [-0.2, 0) is 4.79 Å². The third-order valence-corrected chi connectivity index (χ3v) is 4.18. The Morgan fingerprint density at radius 2 is 2.24 bits per heavy atom.